The van der Waals surface area contributed by atoms with Crippen LogP contribution in [0.25, 0.3) is 0 Å². The Kier molecular flexibility index (Phi) is 6.54. The zero-order valence-electron chi connectivity index (χ0n) is 16.3. The number of H-pyrrole nitrogens is 1. The van der Waals surface area contributed by atoms with Crippen molar-refractivity contribution in [3.05, 3.63) is 40.4 Å². The van der Waals surface area contributed by atoms with E-state index in [4.69, 9.17) is 17.0 Å². The molecule has 1 saturated carbocycles. The first-order valence-electron chi connectivity index (χ1n) is 10.4. The van der Waals surface area contributed by atoms with Crippen molar-refractivity contribution in [3.63, 3.8) is 0 Å². The Hall–Kier alpha value is -1.99. The Morgan fingerprint density at radius 2 is 1.89 bits per heavy atom. The standard InChI is InChI=1S/C21H29N5OS/c28-21-24-23-20(11-8-17-4-2-1-3-5-17)26(21)22-16-18-6-9-19(10-7-18)25-12-14-27-15-13-25/h6-7,9-10,16-17H,1-5,8,11-15H2,(H,24,28)/b22-16-. The molecule has 0 bridgehead atoms. The maximum atomic E-state index is 5.42. The van der Waals surface area contributed by atoms with Crippen molar-refractivity contribution >= 4 is 24.1 Å². The summed E-state index contributed by atoms with van der Waals surface area (Å²) < 4.78 is 7.75. The Labute approximate surface area is 171 Å². The van der Waals surface area contributed by atoms with Gasteiger partial charge in [-0.15, -0.1) is 0 Å². The largest absolute Gasteiger partial charge is 0.378 e. The SMILES string of the molecule is S=c1[nH]nc(CCC2CCCCC2)n1/N=C\c1ccc(N2CCOCC2)cc1. The van der Waals surface area contributed by atoms with Crippen LogP contribution in [0.4, 0.5) is 5.69 Å². The summed E-state index contributed by atoms with van der Waals surface area (Å²) in [6.07, 6.45) is 10.8. The summed E-state index contributed by atoms with van der Waals surface area (Å²) in [5.41, 5.74) is 2.28. The average molecular weight is 400 g/mol. The van der Waals surface area contributed by atoms with E-state index in [1.54, 1.807) is 4.68 Å². The number of nitrogens with zero attached hydrogens (tertiary/aromatic N) is 4. The Morgan fingerprint density at radius 3 is 2.64 bits per heavy atom. The van der Waals surface area contributed by atoms with E-state index in [0.717, 1.165) is 50.0 Å². The highest BCUT2D eigenvalue weighted by atomic mass is 32.1. The molecule has 1 aliphatic carbocycles. The van der Waals surface area contributed by atoms with Crippen molar-refractivity contribution < 1.29 is 4.74 Å². The molecule has 1 saturated heterocycles. The number of anilines is 1. The van der Waals surface area contributed by atoms with E-state index in [1.807, 2.05) is 6.21 Å². The van der Waals surface area contributed by atoms with Crippen LogP contribution in [0, 0.1) is 10.7 Å². The maximum absolute atomic E-state index is 5.42. The van der Waals surface area contributed by atoms with Gasteiger partial charge in [0, 0.05) is 25.2 Å². The van der Waals surface area contributed by atoms with Crippen molar-refractivity contribution in [2.75, 3.05) is 31.2 Å². The van der Waals surface area contributed by atoms with Crippen molar-refractivity contribution in [1.29, 1.82) is 0 Å². The lowest BCUT2D eigenvalue weighted by molar-refractivity contribution is 0.122. The van der Waals surface area contributed by atoms with E-state index in [9.17, 15) is 0 Å². The summed E-state index contributed by atoms with van der Waals surface area (Å²) in [6, 6.07) is 8.48. The van der Waals surface area contributed by atoms with Crippen LogP contribution in [0.5, 0.6) is 0 Å². The van der Waals surface area contributed by atoms with Crippen LogP contribution < -0.4 is 4.90 Å². The Balaban J connectivity index is 1.39. The maximum Gasteiger partial charge on any atom is 0.216 e. The molecule has 1 aliphatic heterocycles. The molecule has 1 aromatic carbocycles. The van der Waals surface area contributed by atoms with Gasteiger partial charge in [-0.1, -0.05) is 44.2 Å². The Morgan fingerprint density at radius 1 is 1.14 bits per heavy atom. The summed E-state index contributed by atoms with van der Waals surface area (Å²) in [6.45, 7) is 3.49. The van der Waals surface area contributed by atoms with Gasteiger partial charge in [-0.2, -0.15) is 14.9 Å². The number of aryl methyl sites for hydroxylation is 1. The lowest BCUT2D eigenvalue weighted by atomic mass is 9.86. The van der Waals surface area contributed by atoms with Crippen LogP contribution in [0.2, 0.25) is 0 Å². The number of aromatic amines is 1. The number of rotatable bonds is 6. The van der Waals surface area contributed by atoms with Gasteiger partial charge in [0.05, 0.1) is 19.4 Å². The van der Waals surface area contributed by atoms with E-state index in [1.165, 1.54) is 44.2 Å². The molecule has 2 heterocycles. The summed E-state index contributed by atoms with van der Waals surface area (Å²) in [4.78, 5) is 2.35. The third kappa shape index (κ3) is 4.89. The molecule has 2 fully saturated rings. The second-order valence-corrected chi connectivity index (χ2v) is 8.12. The number of hydrogen-bond acceptors (Lipinski definition) is 5. The second kappa shape index (κ2) is 9.47. The molecule has 6 nitrogen and oxygen atoms in total. The van der Waals surface area contributed by atoms with E-state index in [2.05, 4.69) is 44.5 Å². The zero-order valence-corrected chi connectivity index (χ0v) is 17.2. The minimum Gasteiger partial charge on any atom is -0.378 e. The summed E-state index contributed by atoms with van der Waals surface area (Å²) in [5.74, 6) is 1.75. The molecule has 1 N–H and O–H groups in total. The second-order valence-electron chi connectivity index (χ2n) is 7.74. The molecule has 2 aromatic rings. The van der Waals surface area contributed by atoms with E-state index >= 15 is 0 Å². The van der Waals surface area contributed by atoms with Crippen molar-refractivity contribution in [2.24, 2.45) is 11.0 Å². The molecule has 4 rings (SSSR count). The minimum absolute atomic E-state index is 0.555. The molecular formula is C21H29N5OS. The highest BCUT2D eigenvalue weighted by Crippen LogP contribution is 2.27. The van der Waals surface area contributed by atoms with E-state index < -0.39 is 0 Å². The average Bonchev–Trinajstić information content (AvgIpc) is 3.12. The number of morpholine rings is 1. The zero-order chi connectivity index (χ0) is 19.2. The number of nitrogens with one attached hydrogen (secondary N) is 1. The van der Waals surface area contributed by atoms with Gasteiger partial charge in [0.15, 0.2) is 5.82 Å². The lowest BCUT2D eigenvalue weighted by Gasteiger charge is -2.28. The third-order valence-electron chi connectivity index (χ3n) is 5.81. The van der Waals surface area contributed by atoms with Crippen LogP contribution in [0.3, 0.4) is 0 Å². The van der Waals surface area contributed by atoms with Gasteiger partial charge in [0.1, 0.15) is 0 Å². The molecule has 0 spiro atoms. The lowest BCUT2D eigenvalue weighted by Crippen LogP contribution is -2.36. The molecular weight excluding hydrogens is 370 g/mol. The summed E-state index contributed by atoms with van der Waals surface area (Å²) in [7, 11) is 0. The van der Waals surface area contributed by atoms with E-state index in [0.29, 0.717) is 4.77 Å². The number of aromatic nitrogens is 3. The Bertz CT molecular complexity index is 829. The monoisotopic (exact) mass is 399 g/mol. The fourth-order valence-corrected chi connectivity index (χ4v) is 4.33. The first-order chi connectivity index (χ1) is 13.8. The van der Waals surface area contributed by atoms with Crippen molar-refractivity contribution in [2.45, 2.75) is 44.9 Å². The number of ether oxygens (including phenoxy) is 1. The van der Waals surface area contributed by atoms with E-state index in [-0.39, 0.29) is 0 Å². The molecule has 0 amide bonds. The summed E-state index contributed by atoms with van der Waals surface area (Å²) in [5, 5.41) is 11.9. The van der Waals surface area contributed by atoms with Crippen LogP contribution in [0.15, 0.2) is 29.4 Å². The molecule has 0 atom stereocenters. The molecule has 2 aliphatic rings. The molecule has 150 valence electrons. The van der Waals surface area contributed by atoms with Gasteiger partial charge < -0.3 is 9.64 Å². The first-order valence-corrected chi connectivity index (χ1v) is 10.8. The van der Waals surface area contributed by atoms with Gasteiger partial charge in [-0.05, 0) is 42.3 Å². The van der Waals surface area contributed by atoms with Crippen LogP contribution >= 0.6 is 12.2 Å². The topological polar surface area (TPSA) is 58.4 Å². The molecule has 7 heteroatoms. The highest BCUT2D eigenvalue weighted by molar-refractivity contribution is 7.71. The van der Waals surface area contributed by atoms with Gasteiger partial charge >= 0.3 is 0 Å². The number of hydrogen-bond donors (Lipinski definition) is 1. The molecule has 1 aromatic heterocycles. The van der Waals surface area contributed by atoms with Gasteiger partial charge in [-0.25, -0.2) is 0 Å². The molecule has 28 heavy (non-hydrogen) atoms. The summed E-state index contributed by atoms with van der Waals surface area (Å²) >= 11 is 5.38. The quantitative estimate of drug-likeness (QED) is 0.585. The smallest absolute Gasteiger partial charge is 0.216 e. The highest BCUT2D eigenvalue weighted by Gasteiger charge is 2.15. The van der Waals surface area contributed by atoms with Crippen molar-refractivity contribution in [3.8, 4) is 0 Å². The number of benzene rings is 1. The predicted octanol–water partition coefficient (Wildman–Crippen LogP) is 4.17. The normalized spacial score (nSPS) is 18.8. The van der Waals surface area contributed by atoms with Gasteiger partial charge in [0.25, 0.3) is 0 Å². The fraction of sp³-hybridized carbons (Fsp3) is 0.571. The van der Waals surface area contributed by atoms with Gasteiger partial charge in [0.2, 0.25) is 4.77 Å². The van der Waals surface area contributed by atoms with Crippen molar-refractivity contribution in [1.82, 2.24) is 14.9 Å². The minimum atomic E-state index is 0.555. The molecule has 0 unspecified atom stereocenters. The fourth-order valence-electron chi connectivity index (χ4n) is 4.13. The van der Waals surface area contributed by atoms with Crippen LogP contribution in [-0.4, -0.2) is 47.4 Å². The first kappa shape index (κ1) is 19.3. The third-order valence-corrected chi connectivity index (χ3v) is 6.07. The van der Waals surface area contributed by atoms with Crippen LogP contribution in [-0.2, 0) is 11.2 Å². The molecule has 0 radical (unpaired) electrons. The van der Waals surface area contributed by atoms with Gasteiger partial charge in [-0.3, -0.25) is 5.10 Å². The van der Waals surface area contributed by atoms with Crippen LogP contribution in [0.1, 0.15) is 49.9 Å². The predicted molar refractivity (Wildman–Crippen MR) is 115 cm³/mol.